The Kier molecular flexibility index (Phi) is 4.13. The molecule has 2 aromatic carbocycles. The van der Waals surface area contributed by atoms with Gasteiger partial charge in [0.25, 0.3) is 11.5 Å². The van der Waals surface area contributed by atoms with Crippen LogP contribution in [0.25, 0.3) is 5.57 Å². The molecular weight excluding hydrogens is 487 g/mol. The number of thiazole rings is 1. The van der Waals surface area contributed by atoms with Crippen molar-refractivity contribution in [3.63, 3.8) is 0 Å². The molecule has 3 heterocycles. The molecule has 6 nitrogen and oxygen atoms in total. The van der Waals surface area contributed by atoms with E-state index in [1.807, 2.05) is 53.4 Å². The molecular formula is C20H15IN4O2S. The van der Waals surface area contributed by atoms with Crippen molar-refractivity contribution in [1.82, 2.24) is 4.57 Å². The van der Waals surface area contributed by atoms with Gasteiger partial charge in [-0.05, 0) is 52.9 Å². The molecule has 5 rings (SSSR count). The second kappa shape index (κ2) is 6.56. The third-order valence-electron chi connectivity index (χ3n) is 5.02. The molecule has 0 fully saturated rings. The quantitative estimate of drug-likeness (QED) is 0.477. The summed E-state index contributed by atoms with van der Waals surface area (Å²) in [7, 11) is 1.74. The molecule has 0 saturated carbocycles. The zero-order valence-corrected chi connectivity index (χ0v) is 17.9. The normalized spacial score (nSPS) is 17.4. The highest BCUT2D eigenvalue weighted by Crippen LogP contribution is 2.33. The van der Waals surface area contributed by atoms with Gasteiger partial charge in [0.2, 0.25) is 0 Å². The number of halogens is 1. The lowest BCUT2D eigenvalue weighted by Crippen LogP contribution is -2.43. The SMILES string of the molecule is CN1C(=O)C(=c2sc3n(c2=O)CN(c2ccc(I)cc2)CN=3)c2ccccc21. The molecule has 8 heteroatoms. The number of carbonyl (C=O) groups is 1. The Hall–Kier alpha value is -2.46. The van der Waals surface area contributed by atoms with Crippen LogP contribution in [0.4, 0.5) is 11.4 Å². The van der Waals surface area contributed by atoms with Crippen molar-refractivity contribution >= 4 is 56.8 Å². The lowest BCUT2D eigenvalue weighted by atomic mass is 10.1. The number of anilines is 2. The topological polar surface area (TPSA) is 57.9 Å². The van der Waals surface area contributed by atoms with Crippen molar-refractivity contribution in [3.05, 3.63) is 77.4 Å². The number of aromatic nitrogens is 1. The highest BCUT2D eigenvalue weighted by Gasteiger charge is 2.32. The third-order valence-corrected chi connectivity index (χ3v) is 6.86. The molecule has 0 unspecified atom stereocenters. The summed E-state index contributed by atoms with van der Waals surface area (Å²) in [5.41, 5.74) is 2.97. The minimum Gasteiger partial charge on any atom is -0.334 e. The van der Waals surface area contributed by atoms with Crippen LogP contribution in [0.3, 0.4) is 0 Å². The minimum atomic E-state index is -0.160. The Balaban J connectivity index is 1.66. The summed E-state index contributed by atoms with van der Waals surface area (Å²) >= 11 is 3.57. The predicted octanol–water partition coefficient (Wildman–Crippen LogP) is 1.74. The molecule has 1 amide bonds. The molecule has 0 atom stereocenters. The van der Waals surface area contributed by atoms with Crippen LogP contribution in [-0.2, 0) is 11.5 Å². The second-order valence-corrected chi connectivity index (χ2v) is 8.88. The average molecular weight is 502 g/mol. The first-order chi connectivity index (χ1) is 13.5. The summed E-state index contributed by atoms with van der Waals surface area (Å²) in [5.74, 6) is -0.146. The maximum Gasteiger partial charge on any atom is 0.272 e. The molecule has 0 radical (unpaired) electrons. The van der Waals surface area contributed by atoms with Crippen LogP contribution >= 0.6 is 33.9 Å². The molecule has 1 aromatic heterocycles. The monoisotopic (exact) mass is 502 g/mol. The lowest BCUT2D eigenvalue weighted by molar-refractivity contribution is -0.112. The van der Waals surface area contributed by atoms with E-state index in [0.717, 1.165) is 20.5 Å². The van der Waals surface area contributed by atoms with E-state index in [-0.39, 0.29) is 11.5 Å². The van der Waals surface area contributed by atoms with E-state index in [0.29, 0.717) is 28.2 Å². The third kappa shape index (κ3) is 2.62. The van der Waals surface area contributed by atoms with Crippen LogP contribution < -0.4 is 24.7 Å². The van der Waals surface area contributed by atoms with E-state index in [4.69, 9.17) is 0 Å². The van der Waals surface area contributed by atoms with E-state index >= 15 is 0 Å². The van der Waals surface area contributed by atoms with Gasteiger partial charge in [-0.1, -0.05) is 29.5 Å². The van der Waals surface area contributed by atoms with E-state index in [1.54, 1.807) is 16.5 Å². The first-order valence-electron chi connectivity index (χ1n) is 8.71. The number of rotatable bonds is 1. The molecule has 2 aliphatic rings. The van der Waals surface area contributed by atoms with E-state index < -0.39 is 0 Å². The van der Waals surface area contributed by atoms with Gasteiger partial charge in [0, 0.05) is 21.9 Å². The number of hydrogen-bond donors (Lipinski definition) is 0. The lowest BCUT2D eigenvalue weighted by Gasteiger charge is -2.25. The van der Waals surface area contributed by atoms with Crippen LogP contribution in [0.5, 0.6) is 0 Å². The summed E-state index contributed by atoms with van der Waals surface area (Å²) in [5, 5.41) is 0. The molecule has 140 valence electrons. The Bertz CT molecular complexity index is 1290. The fourth-order valence-corrected chi connectivity index (χ4v) is 4.98. The minimum absolute atomic E-state index is 0.146. The summed E-state index contributed by atoms with van der Waals surface area (Å²) in [4.78, 5) is 34.9. The van der Waals surface area contributed by atoms with Gasteiger partial charge in [-0.2, -0.15) is 0 Å². The summed E-state index contributed by atoms with van der Waals surface area (Å²) in [6, 6.07) is 15.7. The molecule has 3 aromatic rings. The smallest absolute Gasteiger partial charge is 0.272 e. The number of amides is 1. The fraction of sp³-hybridized carbons (Fsp3) is 0.150. The number of carbonyl (C=O) groups excluding carboxylic acids is 1. The average Bonchev–Trinajstić information content (AvgIpc) is 3.16. The fourth-order valence-electron chi connectivity index (χ4n) is 3.57. The van der Waals surface area contributed by atoms with Crippen LogP contribution in [0.2, 0.25) is 0 Å². The van der Waals surface area contributed by atoms with Gasteiger partial charge in [0.05, 0.1) is 11.3 Å². The van der Waals surface area contributed by atoms with Crippen molar-refractivity contribution < 1.29 is 4.79 Å². The number of likely N-dealkylation sites (N-methyl/N-ethyl adjacent to an activating group) is 1. The van der Waals surface area contributed by atoms with Gasteiger partial charge >= 0.3 is 0 Å². The first-order valence-corrected chi connectivity index (χ1v) is 10.6. The maximum atomic E-state index is 13.2. The van der Waals surface area contributed by atoms with Crippen LogP contribution in [-0.4, -0.2) is 24.2 Å². The van der Waals surface area contributed by atoms with Gasteiger partial charge in [-0.25, -0.2) is 4.99 Å². The molecule has 28 heavy (non-hydrogen) atoms. The zero-order valence-electron chi connectivity index (χ0n) is 14.9. The molecule has 0 spiro atoms. The van der Waals surface area contributed by atoms with Crippen LogP contribution in [0, 0.1) is 3.57 Å². The van der Waals surface area contributed by atoms with Gasteiger partial charge < -0.3 is 9.80 Å². The Morgan fingerprint density at radius 1 is 1.07 bits per heavy atom. The van der Waals surface area contributed by atoms with Crippen molar-refractivity contribution in [1.29, 1.82) is 0 Å². The molecule has 0 saturated heterocycles. The van der Waals surface area contributed by atoms with Gasteiger partial charge in [0.1, 0.15) is 17.9 Å². The highest BCUT2D eigenvalue weighted by atomic mass is 127. The predicted molar refractivity (Wildman–Crippen MR) is 118 cm³/mol. The van der Waals surface area contributed by atoms with Crippen LogP contribution in [0.1, 0.15) is 5.56 Å². The van der Waals surface area contributed by atoms with Gasteiger partial charge in [-0.3, -0.25) is 14.2 Å². The number of benzene rings is 2. The first kappa shape index (κ1) is 17.6. The van der Waals surface area contributed by atoms with Crippen molar-refractivity contribution in [3.8, 4) is 0 Å². The maximum absolute atomic E-state index is 13.2. The van der Waals surface area contributed by atoms with Gasteiger partial charge in [0.15, 0.2) is 4.80 Å². The molecule has 0 aliphatic carbocycles. The number of fused-ring (bicyclic) bond motifs is 2. The Morgan fingerprint density at radius 3 is 2.61 bits per heavy atom. The highest BCUT2D eigenvalue weighted by molar-refractivity contribution is 14.1. The van der Waals surface area contributed by atoms with E-state index in [2.05, 4.69) is 27.6 Å². The summed E-state index contributed by atoms with van der Waals surface area (Å²) < 4.78 is 3.28. The Morgan fingerprint density at radius 2 is 1.82 bits per heavy atom. The van der Waals surface area contributed by atoms with Crippen molar-refractivity contribution in [2.75, 3.05) is 23.5 Å². The Labute approximate surface area is 178 Å². The standard InChI is InChI=1S/C20H15IN4O2S/c1-23-15-5-3-2-4-14(15)16(18(23)26)17-19(27)25-11-24(10-22-20(25)28-17)13-8-6-12(21)7-9-13/h2-9H,10-11H2,1H3. The van der Waals surface area contributed by atoms with Crippen molar-refractivity contribution in [2.45, 2.75) is 6.67 Å². The van der Waals surface area contributed by atoms with Gasteiger partial charge in [-0.15, -0.1) is 0 Å². The zero-order chi connectivity index (χ0) is 19.4. The molecule has 0 bridgehead atoms. The second-order valence-electron chi connectivity index (χ2n) is 6.66. The molecule has 0 N–H and O–H groups in total. The number of para-hydroxylation sites is 1. The van der Waals surface area contributed by atoms with Crippen molar-refractivity contribution in [2.24, 2.45) is 4.99 Å². The molecule has 2 aliphatic heterocycles. The van der Waals surface area contributed by atoms with E-state index in [9.17, 15) is 9.59 Å². The largest absolute Gasteiger partial charge is 0.334 e. The summed E-state index contributed by atoms with van der Waals surface area (Å²) in [6.07, 6.45) is 0. The number of nitrogens with zero attached hydrogens (tertiary/aromatic N) is 4. The summed E-state index contributed by atoms with van der Waals surface area (Å²) in [6.45, 7) is 0.910. The van der Waals surface area contributed by atoms with Crippen LogP contribution in [0.15, 0.2) is 58.3 Å². The number of hydrogen-bond acceptors (Lipinski definition) is 5. The van der Waals surface area contributed by atoms with E-state index in [1.165, 1.54) is 11.3 Å².